The largest absolute Gasteiger partial charge is 0.379 e. The second-order valence-corrected chi connectivity index (χ2v) is 9.11. The molecule has 0 aliphatic carbocycles. The molecule has 1 heterocycles. The Morgan fingerprint density at radius 2 is 1.36 bits per heavy atom. The molecule has 1 aliphatic rings. The molecule has 2 N–H and O–H groups in total. The standard InChI is InChI=1S/C18H17BrN2S/c1-14-17(19)22(18(20)21-14,12-15-8-4-2-5-9-15)13-16-10-6-3-7-11-16/h2-13H,1H3,(H2,20,21). The van der Waals surface area contributed by atoms with Gasteiger partial charge in [0.2, 0.25) is 0 Å². The van der Waals surface area contributed by atoms with E-state index in [0.29, 0.717) is 5.17 Å². The molecular formula is C18H17BrN2S. The quantitative estimate of drug-likeness (QED) is 0.779. The Morgan fingerprint density at radius 1 is 0.909 bits per heavy atom. The van der Waals surface area contributed by atoms with Crippen LogP contribution in [0.2, 0.25) is 0 Å². The van der Waals surface area contributed by atoms with Gasteiger partial charge in [-0.25, -0.2) is 4.99 Å². The second kappa shape index (κ2) is 6.15. The summed E-state index contributed by atoms with van der Waals surface area (Å²) in [6.45, 7) is 1.99. The Kier molecular flexibility index (Phi) is 4.23. The number of hydrogen-bond acceptors (Lipinski definition) is 2. The summed E-state index contributed by atoms with van der Waals surface area (Å²) in [6.07, 6.45) is 0. The van der Waals surface area contributed by atoms with Crippen LogP contribution >= 0.6 is 25.1 Å². The number of nitrogens with two attached hydrogens (primary N) is 1. The highest BCUT2D eigenvalue weighted by molar-refractivity contribution is 9.15. The Balaban J connectivity index is 2.33. The highest BCUT2D eigenvalue weighted by atomic mass is 79.9. The SMILES string of the molecule is CC1=C(Br)S(=Cc2ccccc2)(=Cc2ccccc2)C(N)=N1. The minimum atomic E-state index is -1.60. The van der Waals surface area contributed by atoms with E-state index in [0.717, 1.165) is 20.6 Å². The first-order chi connectivity index (χ1) is 10.6. The lowest BCUT2D eigenvalue weighted by Gasteiger charge is -2.14. The van der Waals surface area contributed by atoms with E-state index >= 15 is 0 Å². The van der Waals surface area contributed by atoms with Gasteiger partial charge in [0.05, 0.1) is 9.51 Å². The molecule has 0 fully saturated rings. The third-order valence-electron chi connectivity index (χ3n) is 3.45. The van der Waals surface area contributed by atoms with Crippen LogP contribution < -0.4 is 5.73 Å². The number of nitrogens with zero attached hydrogens (tertiary/aromatic N) is 1. The molecule has 0 unspecified atom stereocenters. The molecule has 3 rings (SSSR count). The van der Waals surface area contributed by atoms with Gasteiger partial charge in [-0.05, 0) is 44.7 Å². The number of allylic oxidation sites excluding steroid dienone is 1. The lowest BCUT2D eigenvalue weighted by Crippen LogP contribution is -2.12. The van der Waals surface area contributed by atoms with Crippen molar-refractivity contribution in [2.24, 2.45) is 10.7 Å². The Hall–Kier alpha value is -1.78. The lowest BCUT2D eigenvalue weighted by molar-refractivity contribution is 1.33. The monoisotopic (exact) mass is 372 g/mol. The van der Waals surface area contributed by atoms with Crippen LogP contribution in [-0.2, 0) is 0 Å². The maximum atomic E-state index is 6.34. The van der Waals surface area contributed by atoms with Crippen LogP contribution in [0.4, 0.5) is 0 Å². The number of benzene rings is 2. The predicted molar refractivity (Wildman–Crippen MR) is 104 cm³/mol. The second-order valence-electron chi connectivity index (χ2n) is 5.08. The Labute approximate surface area is 140 Å². The molecule has 2 aromatic rings. The van der Waals surface area contributed by atoms with Crippen molar-refractivity contribution in [2.75, 3.05) is 0 Å². The molecule has 1 aliphatic heterocycles. The van der Waals surface area contributed by atoms with Crippen molar-refractivity contribution < 1.29 is 0 Å². The molecule has 4 heteroatoms. The van der Waals surface area contributed by atoms with Crippen LogP contribution in [0.15, 0.2) is 75.2 Å². The van der Waals surface area contributed by atoms with Crippen molar-refractivity contribution in [2.45, 2.75) is 6.92 Å². The first-order valence-corrected chi connectivity index (χ1v) is 9.51. The zero-order valence-corrected chi connectivity index (χ0v) is 14.6. The van der Waals surface area contributed by atoms with E-state index in [4.69, 9.17) is 5.73 Å². The molecule has 22 heavy (non-hydrogen) atoms. The number of aliphatic imine (C=N–C) groups is 1. The van der Waals surface area contributed by atoms with Crippen LogP contribution in [-0.4, -0.2) is 15.9 Å². The summed E-state index contributed by atoms with van der Waals surface area (Å²) in [4.78, 5) is 4.52. The molecule has 0 spiro atoms. The van der Waals surface area contributed by atoms with E-state index in [1.54, 1.807) is 0 Å². The smallest absolute Gasteiger partial charge is 0.153 e. The first kappa shape index (κ1) is 15.1. The molecule has 0 saturated heterocycles. The average molecular weight is 373 g/mol. The third kappa shape index (κ3) is 2.76. The summed E-state index contributed by atoms with van der Waals surface area (Å²) in [5.74, 6) is 0. The maximum Gasteiger partial charge on any atom is 0.153 e. The van der Waals surface area contributed by atoms with Gasteiger partial charge in [0.25, 0.3) is 0 Å². The average Bonchev–Trinajstić information content (AvgIpc) is 2.73. The molecule has 0 radical (unpaired) electrons. The summed E-state index contributed by atoms with van der Waals surface area (Å²) in [6, 6.07) is 20.5. The fourth-order valence-corrected chi connectivity index (χ4v) is 6.21. The van der Waals surface area contributed by atoms with Crippen molar-refractivity contribution in [3.63, 3.8) is 0 Å². The summed E-state index contributed by atoms with van der Waals surface area (Å²) < 4.78 is 1.07. The van der Waals surface area contributed by atoms with E-state index in [1.165, 1.54) is 0 Å². The molecule has 0 amide bonds. The lowest BCUT2D eigenvalue weighted by atomic mass is 10.2. The van der Waals surface area contributed by atoms with Crippen molar-refractivity contribution in [1.82, 2.24) is 0 Å². The fourth-order valence-electron chi connectivity index (χ4n) is 2.37. The molecule has 0 aromatic heterocycles. The van der Waals surface area contributed by atoms with Gasteiger partial charge in [0.15, 0.2) is 5.17 Å². The number of halogens is 1. The van der Waals surface area contributed by atoms with E-state index < -0.39 is 9.21 Å². The summed E-state index contributed by atoms with van der Waals surface area (Å²) in [5.41, 5.74) is 9.59. The molecule has 2 aromatic carbocycles. The van der Waals surface area contributed by atoms with Gasteiger partial charge in [-0.2, -0.15) is 0 Å². The summed E-state index contributed by atoms with van der Waals surface area (Å²) >= 11 is 3.74. The fraction of sp³-hybridized carbons (Fsp3) is 0.0556. The minimum absolute atomic E-state index is 0.671. The van der Waals surface area contributed by atoms with E-state index in [-0.39, 0.29) is 0 Å². The highest BCUT2D eigenvalue weighted by Crippen LogP contribution is 2.46. The normalized spacial score (nSPS) is 16.4. The zero-order chi connectivity index (χ0) is 15.6. The van der Waals surface area contributed by atoms with Crippen molar-refractivity contribution in [3.8, 4) is 0 Å². The van der Waals surface area contributed by atoms with E-state index in [2.05, 4.69) is 55.9 Å². The van der Waals surface area contributed by atoms with E-state index in [1.807, 2.05) is 43.3 Å². The van der Waals surface area contributed by atoms with Gasteiger partial charge >= 0.3 is 0 Å². The van der Waals surface area contributed by atoms with Crippen LogP contribution in [0.1, 0.15) is 18.1 Å². The van der Waals surface area contributed by atoms with Crippen LogP contribution in [0.5, 0.6) is 0 Å². The van der Waals surface area contributed by atoms with Gasteiger partial charge in [-0.1, -0.05) is 60.7 Å². The third-order valence-corrected chi connectivity index (χ3v) is 8.59. The molecule has 112 valence electrons. The molecule has 0 bridgehead atoms. The Morgan fingerprint density at radius 3 is 1.73 bits per heavy atom. The molecule has 0 saturated carbocycles. The molecule has 2 nitrogen and oxygen atoms in total. The van der Waals surface area contributed by atoms with Gasteiger partial charge in [0, 0.05) is 0 Å². The maximum absolute atomic E-state index is 6.34. The molecule has 0 atom stereocenters. The van der Waals surface area contributed by atoms with Gasteiger partial charge in [-0.3, -0.25) is 0 Å². The number of hydrogen-bond donors (Lipinski definition) is 1. The zero-order valence-electron chi connectivity index (χ0n) is 12.2. The Bertz CT molecular complexity index is 820. The molecular weight excluding hydrogens is 356 g/mol. The van der Waals surface area contributed by atoms with Gasteiger partial charge in [0.1, 0.15) is 0 Å². The first-order valence-electron chi connectivity index (χ1n) is 6.95. The summed E-state index contributed by atoms with van der Waals surface area (Å²) in [5, 5.41) is 5.14. The van der Waals surface area contributed by atoms with Crippen LogP contribution in [0, 0.1) is 0 Å². The van der Waals surface area contributed by atoms with Crippen molar-refractivity contribution >= 4 is 41.0 Å². The van der Waals surface area contributed by atoms with Crippen molar-refractivity contribution in [3.05, 3.63) is 81.3 Å². The summed E-state index contributed by atoms with van der Waals surface area (Å²) in [7, 11) is -1.60. The highest BCUT2D eigenvalue weighted by Gasteiger charge is 2.22. The number of rotatable bonds is 2. The minimum Gasteiger partial charge on any atom is -0.379 e. The van der Waals surface area contributed by atoms with Gasteiger partial charge < -0.3 is 5.73 Å². The van der Waals surface area contributed by atoms with E-state index in [9.17, 15) is 0 Å². The van der Waals surface area contributed by atoms with Crippen molar-refractivity contribution in [1.29, 1.82) is 0 Å². The number of amidine groups is 1. The topological polar surface area (TPSA) is 38.4 Å². The van der Waals surface area contributed by atoms with Crippen LogP contribution in [0.3, 0.4) is 0 Å². The van der Waals surface area contributed by atoms with Gasteiger partial charge in [-0.15, -0.1) is 9.21 Å². The predicted octanol–water partition coefficient (Wildman–Crippen LogP) is 4.40. The van der Waals surface area contributed by atoms with Crippen LogP contribution in [0.25, 0.3) is 0 Å².